The summed E-state index contributed by atoms with van der Waals surface area (Å²) in [5.41, 5.74) is 1.25. The fourth-order valence-electron chi connectivity index (χ4n) is 7.34. The summed E-state index contributed by atoms with van der Waals surface area (Å²) in [4.78, 5) is 18.1. The molecule has 11 nitrogen and oxygen atoms in total. The molecule has 2 aromatic carbocycles. The normalized spacial score (nSPS) is 26.5. The number of hydrogen-bond acceptors (Lipinski definition) is 10. The molecule has 48 heavy (non-hydrogen) atoms. The number of nitrogens with zero attached hydrogens (tertiary/aromatic N) is 2. The van der Waals surface area contributed by atoms with Gasteiger partial charge in [-0.25, -0.2) is 22.6 Å². The van der Waals surface area contributed by atoms with E-state index in [-0.39, 0.29) is 54.6 Å². The summed E-state index contributed by atoms with van der Waals surface area (Å²) in [6.07, 6.45) is 1.18. The van der Waals surface area contributed by atoms with Gasteiger partial charge in [0.15, 0.2) is 11.4 Å². The number of amides is 1. The van der Waals surface area contributed by atoms with Crippen molar-refractivity contribution in [2.45, 2.75) is 81.4 Å². The van der Waals surface area contributed by atoms with Crippen LogP contribution < -0.4 is 10.6 Å². The summed E-state index contributed by atoms with van der Waals surface area (Å²) in [7, 11) is -4.06. The van der Waals surface area contributed by atoms with E-state index in [1.807, 2.05) is 13.8 Å². The molecule has 0 radical (unpaired) electrons. The third-order valence-electron chi connectivity index (χ3n) is 9.82. The summed E-state index contributed by atoms with van der Waals surface area (Å²) in [5.74, 6) is 0.0574. The minimum Gasteiger partial charge on any atom is -0.446 e. The van der Waals surface area contributed by atoms with Crippen LogP contribution in [0.25, 0.3) is 10.2 Å². The molecule has 260 valence electrons. The van der Waals surface area contributed by atoms with Crippen LogP contribution in [-0.2, 0) is 30.7 Å². The molecule has 4 fully saturated rings. The summed E-state index contributed by atoms with van der Waals surface area (Å²) in [5, 5.41) is 18.6. The highest BCUT2D eigenvalue weighted by atomic mass is 32.2. The number of fused-ring (bicyclic) bond motifs is 1. The molecule has 2 saturated carbocycles. The third kappa shape index (κ3) is 7.34. The van der Waals surface area contributed by atoms with Gasteiger partial charge in [-0.15, -0.1) is 0 Å². The van der Waals surface area contributed by atoms with Crippen molar-refractivity contribution in [3.05, 3.63) is 53.8 Å². The highest BCUT2D eigenvalue weighted by Crippen LogP contribution is 2.50. The molecule has 3 N–H and O–H groups in total. The van der Waals surface area contributed by atoms with E-state index in [0.717, 1.165) is 29.1 Å². The van der Waals surface area contributed by atoms with Gasteiger partial charge in [0, 0.05) is 31.0 Å². The Morgan fingerprint density at radius 3 is 2.77 bits per heavy atom. The number of anilines is 1. The van der Waals surface area contributed by atoms with Crippen LogP contribution in [-0.4, -0.2) is 85.8 Å². The molecule has 3 heterocycles. The smallest absolute Gasteiger partial charge is 0.407 e. The molecule has 2 aliphatic carbocycles. The Morgan fingerprint density at radius 2 is 2.00 bits per heavy atom. The number of aliphatic hydroxyl groups excluding tert-OH is 1. The van der Waals surface area contributed by atoms with Gasteiger partial charge in [0.25, 0.3) is 0 Å². The number of aromatic nitrogens is 1. The molecule has 7 rings (SSSR count). The van der Waals surface area contributed by atoms with Crippen LogP contribution in [0.1, 0.15) is 45.1 Å². The van der Waals surface area contributed by atoms with Gasteiger partial charge < -0.3 is 30.0 Å². The van der Waals surface area contributed by atoms with E-state index in [0.29, 0.717) is 42.7 Å². The maximum Gasteiger partial charge on any atom is 0.407 e. The average Bonchev–Trinajstić information content (AvgIpc) is 3.43. The van der Waals surface area contributed by atoms with E-state index >= 15 is 0 Å². The minimum absolute atomic E-state index is 0.0285. The Morgan fingerprint density at radius 1 is 1.17 bits per heavy atom. The van der Waals surface area contributed by atoms with Crippen molar-refractivity contribution < 1.29 is 36.9 Å². The molecule has 2 aliphatic heterocycles. The fourth-order valence-corrected chi connectivity index (χ4v) is 10.0. The lowest BCUT2D eigenvalue weighted by atomic mass is 9.87. The van der Waals surface area contributed by atoms with Crippen molar-refractivity contribution in [2.75, 3.05) is 31.6 Å². The Labute approximate surface area is 284 Å². The minimum atomic E-state index is -4.06. The molecule has 1 aromatic heterocycles. The van der Waals surface area contributed by atoms with Crippen LogP contribution in [0.4, 0.5) is 14.3 Å². The van der Waals surface area contributed by atoms with Gasteiger partial charge >= 0.3 is 6.09 Å². The highest BCUT2D eigenvalue weighted by Gasteiger charge is 2.55. The van der Waals surface area contributed by atoms with Crippen molar-refractivity contribution in [1.29, 1.82) is 0 Å². The van der Waals surface area contributed by atoms with E-state index in [1.54, 1.807) is 30.3 Å². The highest BCUT2D eigenvalue weighted by molar-refractivity contribution is 7.89. The molecule has 0 spiro atoms. The quantitative estimate of drug-likeness (QED) is 0.230. The van der Waals surface area contributed by atoms with Crippen molar-refractivity contribution in [3.63, 3.8) is 0 Å². The first kappa shape index (κ1) is 33.6. The predicted molar refractivity (Wildman–Crippen MR) is 179 cm³/mol. The topological polar surface area (TPSA) is 139 Å². The molecular weight excluding hydrogens is 660 g/mol. The predicted octanol–water partition coefficient (Wildman–Crippen LogP) is 4.75. The van der Waals surface area contributed by atoms with Crippen LogP contribution in [0.5, 0.6) is 0 Å². The maximum absolute atomic E-state index is 14.2. The third-order valence-corrected chi connectivity index (χ3v) is 12.6. The lowest BCUT2D eigenvalue weighted by Gasteiger charge is -2.31. The van der Waals surface area contributed by atoms with Gasteiger partial charge in [-0.05, 0) is 79.8 Å². The first-order valence-corrected chi connectivity index (χ1v) is 19.1. The SMILES string of the molecule is CC(C)CN(C[C@@H](O)[C@H](Cc1cccc(F)c1)NC(=O)O[C@@H]1C[C@@H]2CCO[C@@H]3OCC1[C@H]23)S(=O)(=O)c1ccc2nc(NC3CC3)sc2c1. The second kappa shape index (κ2) is 13.8. The molecule has 4 aliphatic rings. The number of rotatable bonds is 13. The summed E-state index contributed by atoms with van der Waals surface area (Å²) < 4.78 is 61.9. The number of alkyl carbamates (subject to hydrolysis) is 1. The molecule has 3 aromatic rings. The largest absolute Gasteiger partial charge is 0.446 e. The molecule has 7 atom stereocenters. The van der Waals surface area contributed by atoms with Gasteiger partial charge in [0.05, 0.1) is 40.5 Å². The van der Waals surface area contributed by atoms with Gasteiger partial charge in [0.1, 0.15) is 11.9 Å². The second-order valence-electron chi connectivity index (χ2n) is 14.0. The zero-order valence-electron chi connectivity index (χ0n) is 27.1. The lowest BCUT2D eigenvalue weighted by molar-refractivity contribution is -0.164. The molecule has 14 heteroatoms. The molecule has 2 saturated heterocycles. The van der Waals surface area contributed by atoms with E-state index in [4.69, 9.17) is 14.2 Å². The standard InChI is InChI=1S/C34H43FN4O7S2/c1-19(2)16-39(48(42,43)24-8-9-26-30(15-24)47-33(37-26)36-23-6-7-23)17-28(40)27(13-20-4-3-5-22(35)12-20)38-34(41)46-29-14-21-10-11-44-32-31(21)25(29)18-45-32/h3-5,8-9,12,15,19,21,23,25,27-29,31-32,40H,6-7,10-11,13-14,16-18H2,1-2H3,(H,36,37)(H,38,41)/t21-,25?,27-,28+,29+,31-,32+/m0/s1. The first-order chi connectivity index (χ1) is 23.0. The molecule has 1 amide bonds. The van der Waals surface area contributed by atoms with Gasteiger partial charge in [-0.1, -0.05) is 37.3 Å². The number of sulfonamides is 1. The average molecular weight is 703 g/mol. The van der Waals surface area contributed by atoms with Crippen LogP contribution in [0.15, 0.2) is 47.4 Å². The number of nitrogens with one attached hydrogen (secondary N) is 2. The Hall–Kier alpha value is -2.88. The van der Waals surface area contributed by atoms with E-state index in [1.165, 1.54) is 27.8 Å². The fraction of sp³-hybridized carbons (Fsp3) is 0.588. The van der Waals surface area contributed by atoms with Crippen LogP contribution in [0.3, 0.4) is 0 Å². The number of halogens is 1. The van der Waals surface area contributed by atoms with Gasteiger partial charge in [-0.3, -0.25) is 0 Å². The summed E-state index contributed by atoms with van der Waals surface area (Å²) in [6, 6.07) is 10.2. The Kier molecular flexibility index (Phi) is 9.66. The van der Waals surface area contributed by atoms with Crippen molar-refractivity contribution in [3.8, 4) is 0 Å². The summed E-state index contributed by atoms with van der Waals surface area (Å²) >= 11 is 1.41. The van der Waals surface area contributed by atoms with E-state index in [9.17, 15) is 22.7 Å². The maximum atomic E-state index is 14.2. The second-order valence-corrected chi connectivity index (χ2v) is 16.9. The zero-order chi connectivity index (χ0) is 33.6. The number of carbonyl (C=O) groups is 1. The number of thiazole rings is 1. The lowest BCUT2D eigenvalue weighted by Crippen LogP contribution is -2.51. The molecule has 1 unspecified atom stereocenters. The number of carbonyl (C=O) groups excluding carboxylic acids is 1. The van der Waals surface area contributed by atoms with Gasteiger partial charge in [-0.2, -0.15) is 4.31 Å². The van der Waals surface area contributed by atoms with Crippen molar-refractivity contribution >= 4 is 42.8 Å². The number of aliphatic hydroxyl groups is 1. The summed E-state index contributed by atoms with van der Waals surface area (Å²) in [6.45, 7) is 4.72. The van der Waals surface area contributed by atoms with Crippen molar-refractivity contribution in [1.82, 2.24) is 14.6 Å². The van der Waals surface area contributed by atoms with E-state index < -0.39 is 34.1 Å². The monoisotopic (exact) mass is 702 g/mol. The Bertz CT molecular complexity index is 1730. The Balaban J connectivity index is 1.09. The number of ether oxygens (including phenoxy) is 3. The van der Waals surface area contributed by atoms with Crippen molar-refractivity contribution in [2.24, 2.45) is 23.7 Å². The van der Waals surface area contributed by atoms with Crippen LogP contribution in [0, 0.1) is 29.5 Å². The van der Waals surface area contributed by atoms with Crippen LogP contribution >= 0.6 is 11.3 Å². The first-order valence-electron chi connectivity index (χ1n) is 16.8. The number of benzene rings is 2. The van der Waals surface area contributed by atoms with Crippen LogP contribution in [0.2, 0.25) is 0 Å². The van der Waals surface area contributed by atoms with Gasteiger partial charge in [0.2, 0.25) is 10.0 Å². The molecule has 0 bridgehead atoms. The zero-order valence-corrected chi connectivity index (χ0v) is 28.7. The van der Waals surface area contributed by atoms with E-state index in [2.05, 4.69) is 15.6 Å². The number of hydrogen-bond donors (Lipinski definition) is 3. The molecular formula is C34H43FN4O7S2.